The van der Waals surface area contributed by atoms with E-state index in [4.69, 9.17) is 21.1 Å². The molecule has 1 N–H and O–H groups in total. The topological polar surface area (TPSA) is 59.0 Å². The molecule has 0 bridgehead atoms. The Bertz CT molecular complexity index is 1170. The molecule has 0 amide bonds. The number of aliphatic hydroxyl groups is 1. The van der Waals surface area contributed by atoms with Gasteiger partial charge in [0.2, 0.25) is 0 Å². The van der Waals surface area contributed by atoms with Crippen molar-refractivity contribution in [3.05, 3.63) is 100 Å². The maximum Gasteiger partial charge on any atom is 0.344 e. The highest BCUT2D eigenvalue weighted by Gasteiger charge is 2.37. The zero-order valence-corrected chi connectivity index (χ0v) is 22.9. The van der Waals surface area contributed by atoms with Gasteiger partial charge in [-0.05, 0) is 86.1 Å². The number of carbonyl (C=O) groups is 1. The first-order chi connectivity index (χ1) is 17.4. The number of fused-ring (bicyclic) bond motifs is 1. The van der Waals surface area contributed by atoms with Crippen LogP contribution in [0.3, 0.4) is 0 Å². The van der Waals surface area contributed by atoms with Crippen LogP contribution >= 0.6 is 24.0 Å². The van der Waals surface area contributed by atoms with E-state index in [0.29, 0.717) is 23.9 Å². The van der Waals surface area contributed by atoms with Crippen molar-refractivity contribution in [1.82, 2.24) is 4.90 Å². The lowest BCUT2D eigenvalue weighted by molar-refractivity contribution is -0.145. The number of hydrogen-bond acceptors (Lipinski definition) is 5. The number of halogens is 2. The minimum Gasteiger partial charge on any atom is -0.482 e. The Morgan fingerprint density at radius 3 is 2.59 bits per heavy atom. The predicted molar refractivity (Wildman–Crippen MR) is 149 cm³/mol. The summed E-state index contributed by atoms with van der Waals surface area (Å²) in [4.78, 5) is 13.9. The second-order valence-corrected chi connectivity index (χ2v) is 9.86. The Balaban J connectivity index is 0.00000380. The standard InChI is InChI=1S/C30H34ClNO4.ClH/c1-3-35-29(33)21-36-28-16-15-23-11-7-14-27(17-24(23)18-28)32(20-22-9-5-4-6-10-22)30(2,34)25-12-8-13-26(31)19-25;/h4-6,8-10,12-13,15-16,18-19,27,34H,3,7,11,14,17,20-21H2,1-2H3;1H. The second-order valence-electron chi connectivity index (χ2n) is 9.42. The van der Waals surface area contributed by atoms with Gasteiger partial charge in [0.25, 0.3) is 0 Å². The maximum absolute atomic E-state index is 12.0. The normalized spacial score (nSPS) is 16.6. The largest absolute Gasteiger partial charge is 0.482 e. The zero-order chi connectivity index (χ0) is 25.5. The number of esters is 1. The average molecular weight is 545 g/mol. The van der Waals surface area contributed by atoms with Crippen LogP contribution < -0.4 is 4.74 Å². The minimum atomic E-state index is -1.23. The summed E-state index contributed by atoms with van der Waals surface area (Å²) in [6, 6.07) is 23.8. The summed E-state index contributed by atoms with van der Waals surface area (Å²) in [5.41, 5.74) is 3.13. The Kier molecular flexibility index (Phi) is 10.4. The Morgan fingerprint density at radius 2 is 1.86 bits per heavy atom. The molecule has 7 heteroatoms. The number of benzene rings is 3. The van der Waals surface area contributed by atoms with Crippen molar-refractivity contribution in [2.24, 2.45) is 0 Å². The first kappa shape index (κ1) is 29.0. The smallest absolute Gasteiger partial charge is 0.344 e. The van der Waals surface area contributed by atoms with E-state index in [0.717, 1.165) is 36.8 Å². The van der Waals surface area contributed by atoms with Crippen molar-refractivity contribution >= 4 is 30.0 Å². The Morgan fingerprint density at radius 1 is 1.08 bits per heavy atom. The Hall–Kier alpha value is -2.57. The zero-order valence-electron chi connectivity index (χ0n) is 21.4. The molecule has 3 aromatic rings. The number of nitrogens with zero attached hydrogens (tertiary/aromatic N) is 1. The van der Waals surface area contributed by atoms with Gasteiger partial charge in [-0.2, -0.15) is 0 Å². The molecule has 4 rings (SSSR count). The van der Waals surface area contributed by atoms with Crippen LogP contribution in [-0.4, -0.2) is 35.2 Å². The third kappa shape index (κ3) is 7.48. The molecule has 198 valence electrons. The monoisotopic (exact) mass is 543 g/mol. The molecular weight excluding hydrogens is 509 g/mol. The molecule has 0 saturated carbocycles. The molecule has 0 radical (unpaired) electrons. The molecule has 0 aromatic heterocycles. The van der Waals surface area contributed by atoms with E-state index in [2.05, 4.69) is 23.1 Å². The molecular formula is C30H35Cl2NO4. The van der Waals surface area contributed by atoms with Crippen LogP contribution in [0, 0.1) is 0 Å². The van der Waals surface area contributed by atoms with Crippen molar-refractivity contribution < 1.29 is 19.4 Å². The lowest BCUT2D eigenvalue weighted by Crippen LogP contribution is -2.50. The fourth-order valence-electron chi connectivity index (χ4n) is 4.99. The molecule has 0 fully saturated rings. The van der Waals surface area contributed by atoms with Crippen LogP contribution in [0.4, 0.5) is 0 Å². The van der Waals surface area contributed by atoms with Crippen molar-refractivity contribution in [1.29, 1.82) is 0 Å². The summed E-state index contributed by atoms with van der Waals surface area (Å²) in [6.45, 7) is 4.45. The highest BCUT2D eigenvalue weighted by atomic mass is 35.5. The number of hydrogen-bond donors (Lipinski definition) is 1. The van der Waals surface area contributed by atoms with Crippen LogP contribution in [-0.2, 0) is 34.6 Å². The van der Waals surface area contributed by atoms with Crippen molar-refractivity contribution in [2.75, 3.05) is 13.2 Å². The lowest BCUT2D eigenvalue weighted by atomic mass is 9.95. The third-order valence-corrected chi connectivity index (χ3v) is 7.08. The molecule has 5 nitrogen and oxygen atoms in total. The van der Waals surface area contributed by atoms with E-state index in [-0.39, 0.29) is 31.0 Å². The second kappa shape index (κ2) is 13.3. The number of rotatable bonds is 9. The molecule has 2 unspecified atom stereocenters. The highest BCUT2D eigenvalue weighted by Crippen LogP contribution is 2.35. The van der Waals surface area contributed by atoms with Crippen molar-refractivity contribution in [3.8, 4) is 5.75 Å². The summed E-state index contributed by atoms with van der Waals surface area (Å²) in [7, 11) is 0. The molecule has 0 saturated heterocycles. The summed E-state index contributed by atoms with van der Waals surface area (Å²) < 4.78 is 10.7. The van der Waals surface area contributed by atoms with E-state index in [9.17, 15) is 9.90 Å². The van der Waals surface area contributed by atoms with Gasteiger partial charge in [-0.1, -0.05) is 60.1 Å². The van der Waals surface area contributed by atoms with Gasteiger partial charge in [0.05, 0.1) is 6.61 Å². The summed E-state index contributed by atoms with van der Waals surface area (Å²) >= 11 is 6.31. The molecule has 1 aliphatic rings. The van der Waals surface area contributed by atoms with E-state index >= 15 is 0 Å². The van der Waals surface area contributed by atoms with Crippen LogP contribution in [0.1, 0.15) is 48.9 Å². The number of aryl methyl sites for hydroxylation is 1. The fraction of sp³-hybridized carbons (Fsp3) is 0.367. The molecule has 0 spiro atoms. The first-order valence-corrected chi connectivity index (χ1v) is 12.9. The average Bonchev–Trinajstić information content (AvgIpc) is 3.08. The van der Waals surface area contributed by atoms with E-state index in [1.807, 2.05) is 61.5 Å². The van der Waals surface area contributed by atoms with Crippen LogP contribution in [0.5, 0.6) is 5.75 Å². The van der Waals surface area contributed by atoms with E-state index < -0.39 is 5.72 Å². The summed E-state index contributed by atoms with van der Waals surface area (Å²) in [5, 5.41) is 12.6. The van der Waals surface area contributed by atoms with E-state index in [1.54, 1.807) is 6.92 Å². The quantitative estimate of drug-likeness (QED) is 0.194. The molecule has 1 aliphatic carbocycles. The van der Waals surface area contributed by atoms with Crippen LogP contribution in [0.25, 0.3) is 0 Å². The maximum atomic E-state index is 12.0. The van der Waals surface area contributed by atoms with Gasteiger partial charge in [0, 0.05) is 17.6 Å². The molecule has 3 aromatic carbocycles. The van der Waals surface area contributed by atoms with Crippen LogP contribution in [0.2, 0.25) is 5.02 Å². The van der Waals surface area contributed by atoms with Gasteiger partial charge in [0.15, 0.2) is 6.61 Å². The van der Waals surface area contributed by atoms with Gasteiger partial charge in [-0.3, -0.25) is 4.90 Å². The number of ether oxygens (including phenoxy) is 2. The van der Waals surface area contributed by atoms with Gasteiger partial charge in [-0.15, -0.1) is 12.4 Å². The lowest BCUT2D eigenvalue weighted by Gasteiger charge is -2.43. The summed E-state index contributed by atoms with van der Waals surface area (Å²) in [6.07, 6.45) is 3.67. The minimum absolute atomic E-state index is 0. The predicted octanol–water partition coefficient (Wildman–Crippen LogP) is 6.32. The molecule has 37 heavy (non-hydrogen) atoms. The molecule has 0 aliphatic heterocycles. The van der Waals surface area contributed by atoms with E-state index in [1.165, 1.54) is 11.1 Å². The van der Waals surface area contributed by atoms with Gasteiger partial charge in [0.1, 0.15) is 11.5 Å². The summed E-state index contributed by atoms with van der Waals surface area (Å²) in [5.74, 6) is 0.274. The van der Waals surface area contributed by atoms with Gasteiger partial charge >= 0.3 is 5.97 Å². The van der Waals surface area contributed by atoms with Crippen molar-refractivity contribution in [2.45, 2.75) is 57.8 Å². The first-order valence-electron chi connectivity index (χ1n) is 12.6. The van der Waals surface area contributed by atoms with Crippen LogP contribution in [0.15, 0.2) is 72.8 Å². The van der Waals surface area contributed by atoms with Crippen molar-refractivity contribution in [3.63, 3.8) is 0 Å². The highest BCUT2D eigenvalue weighted by molar-refractivity contribution is 6.30. The third-order valence-electron chi connectivity index (χ3n) is 6.85. The molecule has 2 atom stereocenters. The fourth-order valence-corrected chi connectivity index (χ4v) is 5.18. The number of carbonyl (C=O) groups excluding carboxylic acids is 1. The van der Waals surface area contributed by atoms with Gasteiger partial charge < -0.3 is 14.6 Å². The Labute approximate surface area is 230 Å². The SMILES string of the molecule is CCOC(=O)COc1ccc2c(c1)CC(N(Cc1ccccc1)C(C)(O)c1cccc(Cl)c1)CCC2.Cl. The molecule has 0 heterocycles. The van der Waals surface area contributed by atoms with Gasteiger partial charge in [-0.25, -0.2) is 4.79 Å².